The maximum atomic E-state index is 5.71. The van der Waals surface area contributed by atoms with Crippen LogP contribution in [0.1, 0.15) is 39.5 Å². The van der Waals surface area contributed by atoms with Crippen molar-refractivity contribution in [3.8, 4) is 0 Å². The molecule has 0 rings (SSSR count). The highest BCUT2D eigenvalue weighted by Crippen LogP contribution is 2.16. The van der Waals surface area contributed by atoms with Gasteiger partial charge in [0.15, 0.2) is 0 Å². The van der Waals surface area contributed by atoms with Gasteiger partial charge in [-0.3, -0.25) is 0 Å². The van der Waals surface area contributed by atoms with Gasteiger partial charge in [-0.1, -0.05) is 33.3 Å². The van der Waals surface area contributed by atoms with Crippen molar-refractivity contribution >= 4 is 0 Å². The van der Waals surface area contributed by atoms with E-state index in [0.717, 1.165) is 12.1 Å². The third-order valence-corrected chi connectivity index (χ3v) is 2.04. The number of unbranched alkanes of at least 4 members (excludes halogenated alkanes) is 1. The predicted molar refractivity (Wildman–Crippen MR) is 50.1 cm³/mol. The van der Waals surface area contributed by atoms with Crippen molar-refractivity contribution in [1.82, 2.24) is 0 Å². The van der Waals surface area contributed by atoms with E-state index < -0.39 is 0 Å². The van der Waals surface area contributed by atoms with E-state index in [1.54, 1.807) is 0 Å². The molecule has 2 N–H and O–H groups in total. The molecule has 0 aromatic heterocycles. The number of nitrogens with two attached hydrogens (primary N) is 1. The molecule has 11 heavy (non-hydrogen) atoms. The van der Waals surface area contributed by atoms with Crippen molar-refractivity contribution in [2.24, 2.45) is 11.7 Å². The minimum absolute atomic E-state index is 0.507. The summed E-state index contributed by atoms with van der Waals surface area (Å²) in [4.78, 5) is 0. The molecule has 1 heteroatoms. The summed E-state index contributed by atoms with van der Waals surface area (Å²) in [7, 11) is 0. The fourth-order valence-electron chi connectivity index (χ4n) is 1.17. The fourth-order valence-corrected chi connectivity index (χ4v) is 1.17. The molecular weight excluding hydrogens is 134 g/mol. The molecule has 0 bridgehead atoms. The molecule has 0 heterocycles. The van der Waals surface area contributed by atoms with Gasteiger partial charge in [-0.25, -0.2) is 0 Å². The third kappa shape index (κ3) is 3.90. The summed E-state index contributed by atoms with van der Waals surface area (Å²) in [6, 6.07) is 0. The molecule has 0 aromatic carbocycles. The van der Waals surface area contributed by atoms with Crippen LogP contribution < -0.4 is 5.73 Å². The van der Waals surface area contributed by atoms with Crippen molar-refractivity contribution in [3.05, 3.63) is 18.0 Å². The summed E-state index contributed by atoms with van der Waals surface area (Å²) in [5.41, 5.74) is 9.32. The minimum Gasteiger partial charge on any atom is -0.396 e. The second kappa shape index (κ2) is 6.06. The van der Waals surface area contributed by atoms with Crippen LogP contribution in [0, 0.1) is 5.92 Å². The monoisotopic (exact) mass is 153 g/mol. The quantitative estimate of drug-likeness (QED) is 0.604. The Balaban J connectivity index is 3.85. The highest BCUT2D eigenvalue weighted by atomic mass is 14.6. The fraction of sp³-hybridized carbons (Fsp3) is 0.700. The second-order valence-electron chi connectivity index (χ2n) is 2.88. The molecule has 0 saturated heterocycles. The highest BCUT2D eigenvalue weighted by Gasteiger charge is 2.06. The smallest absolute Gasteiger partial charge is 0.0537 e. The molecule has 0 spiro atoms. The van der Waals surface area contributed by atoms with Gasteiger partial charge >= 0.3 is 0 Å². The molecule has 1 atom stereocenters. The van der Waals surface area contributed by atoms with E-state index in [-0.39, 0.29) is 0 Å². The Morgan fingerprint density at radius 1 is 1.55 bits per heavy atom. The van der Waals surface area contributed by atoms with Crippen LogP contribution in [0.25, 0.3) is 0 Å². The molecule has 1 nitrogen and oxygen atoms in total. The number of hydrogen-bond donors (Lipinski definition) is 1. The van der Waals surface area contributed by atoms with Gasteiger partial charge in [-0.15, -0.1) is 5.73 Å². The lowest BCUT2D eigenvalue weighted by Gasteiger charge is -2.12. The van der Waals surface area contributed by atoms with Crippen LogP contribution in [0.2, 0.25) is 0 Å². The Hall–Kier alpha value is -0.680. The Kier molecular flexibility index (Phi) is 5.68. The molecule has 0 amide bonds. The van der Waals surface area contributed by atoms with E-state index in [2.05, 4.69) is 26.2 Å². The van der Waals surface area contributed by atoms with E-state index in [1.165, 1.54) is 19.3 Å². The molecule has 0 aliphatic rings. The van der Waals surface area contributed by atoms with Crippen LogP contribution in [0.5, 0.6) is 0 Å². The highest BCUT2D eigenvalue weighted by molar-refractivity contribution is 4.98. The normalized spacial score (nSPS) is 12.2. The maximum absolute atomic E-state index is 5.71. The number of allylic oxidation sites excluding steroid dienone is 1. The van der Waals surface area contributed by atoms with E-state index in [9.17, 15) is 0 Å². The molecule has 0 aliphatic heterocycles. The molecule has 0 aliphatic carbocycles. The van der Waals surface area contributed by atoms with Gasteiger partial charge in [0.1, 0.15) is 0 Å². The summed E-state index contributed by atoms with van der Waals surface area (Å²) in [5, 5.41) is 0. The second-order valence-corrected chi connectivity index (χ2v) is 2.88. The minimum atomic E-state index is 0.507. The molecule has 0 aromatic rings. The first-order valence-corrected chi connectivity index (χ1v) is 4.41. The van der Waals surface area contributed by atoms with Crippen LogP contribution >= 0.6 is 0 Å². The maximum Gasteiger partial charge on any atom is 0.0537 e. The van der Waals surface area contributed by atoms with Gasteiger partial charge < -0.3 is 5.73 Å². The Bertz CT molecular complexity index is 143. The molecule has 64 valence electrons. The van der Waals surface area contributed by atoms with Gasteiger partial charge in [0.2, 0.25) is 0 Å². The largest absolute Gasteiger partial charge is 0.396 e. The van der Waals surface area contributed by atoms with Gasteiger partial charge in [0, 0.05) is 5.92 Å². The number of rotatable bonds is 5. The zero-order valence-corrected chi connectivity index (χ0v) is 7.69. The first-order valence-electron chi connectivity index (χ1n) is 4.41. The first kappa shape index (κ1) is 10.3. The van der Waals surface area contributed by atoms with Crippen LogP contribution in [0.4, 0.5) is 0 Å². The summed E-state index contributed by atoms with van der Waals surface area (Å²) in [6.45, 7) is 7.90. The van der Waals surface area contributed by atoms with Crippen molar-refractivity contribution in [2.45, 2.75) is 39.5 Å². The average molecular weight is 153 g/mol. The van der Waals surface area contributed by atoms with E-state index in [0.29, 0.717) is 5.92 Å². The van der Waals surface area contributed by atoms with E-state index in [1.807, 2.05) is 0 Å². The molecular formula is C10H19N. The van der Waals surface area contributed by atoms with Crippen LogP contribution in [0.3, 0.4) is 0 Å². The summed E-state index contributed by atoms with van der Waals surface area (Å²) >= 11 is 0. The topological polar surface area (TPSA) is 26.0 Å². The molecule has 0 radical (unpaired) electrons. The Labute approximate surface area is 70.0 Å². The van der Waals surface area contributed by atoms with E-state index >= 15 is 0 Å². The van der Waals surface area contributed by atoms with Crippen molar-refractivity contribution in [2.75, 3.05) is 0 Å². The van der Waals surface area contributed by atoms with Gasteiger partial charge in [-0.2, -0.15) is 0 Å². The van der Waals surface area contributed by atoms with E-state index in [4.69, 9.17) is 5.73 Å². The summed E-state index contributed by atoms with van der Waals surface area (Å²) < 4.78 is 0. The van der Waals surface area contributed by atoms with Gasteiger partial charge in [0.25, 0.3) is 0 Å². The summed E-state index contributed by atoms with van der Waals surface area (Å²) in [6.07, 6.45) is 4.78. The zero-order chi connectivity index (χ0) is 8.69. The Morgan fingerprint density at radius 3 is 2.55 bits per heavy atom. The lowest BCUT2D eigenvalue weighted by Crippen LogP contribution is -2.09. The molecule has 0 saturated carbocycles. The van der Waals surface area contributed by atoms with Crippen molar-refractivity contribution in [1.29, 1.82) is 0 Å². The SMILES string of the molecule is C=C=C(N)C(CC)CCCC. The van der Waals surface area contributed by atoms with Crippen LogP contribution in [-0.4, -0.2) is 0 Å². The lowest BCUT2D eigenvalue weighted by atomic mass is 9.96. The van der Waals surface area contributed by atoms with Crippen molar-refractivity contribution < 1.29 is 0 Å². The van der Waals surface area contributed by atoms with Crippen LogP contribution in [0.15, 0.2) is 18.0 Å². The lowest BCUT2D eigenvalue weighted by molar-refractivity contribution is 0.511. The Morgan fingerprint density at radius 2 is 2.18 bits per heavy atom. The molecule has 1 unspecified atom stereocenters. The van der Waals surface area contributed by atoms with Gasteiger partial charge in [0.05, 0.1) is 5.70 Å². The first-order chi connectivity index (χ1) is 5.26. The van der Waals surface area contributed by atoms with Gasteiger partial charge in [-0.05, 0) is 12.8 Å². The predicted octanol–water partition coefficient (Wildman–Crippen LogP) is 2.83. The standard InChI is InChI=1S/C10H19N/c1-4-7-8-9(5-2)10(11)6-3/h9H,3-5,7-8,11H2,1-2H3. The van der Waals surface area contributed by atoms with Crippen molar-refractivity contribution in [3.63, 3.8) is 0 Å². The molecule has 0 fully saturated rings. The van der Waals surface area contributed by atoms with Crippen LogP contribution in [-0.2, 0) is 0 Å². The number of hydrogen-bond acceptors (Lipinski definition) is 1. The summed E-state index contributed by atoms with van der Waals surface area (Å²) in [5.74, 6) is 0.507. The third-order valence-electron chi connectivity index (χ3n) is 2.04. The zero-order valence-electron chi connectivity index (χ0n) is 7.69. The average Bonchev–Trinajstić information content (AvgIpc) is 2.05.